The highest BCUT2D eigenvalue weighted by Crippen LogP contribution is 2.40. The summed E-state index contributed by atoms with van der Waals surface area (Å²) in [7, 11) is 0. The summed E-state index contributed by atoms with van der Waals surface area (Å²) in [6.45, 7) is 0. The number of pyridine rings is 1. The molecule has 2 heteroatoms. The highest BCUT2D eigenvalue weighted by molar-refractivity contribution is 6.08. The lowest BCUT2D eigenvalue weighted by atomic mass is 10.0. The molecule has 0 saturated heterocycles. The lowest BCUT2D eigenvalue weighted by Gasteiger charge is -2.26. The molecule has 2 nitrogen and oxygen atoms in total. The van der Waals surface area contributed by atoms with Gasteiger partial charge in [0.1, 0.15) is 0 Å². The second-order valence-corrected chi connectivity index (χ2v) is 12.3. The summed E-state index contributed by atoms with van der Waals surface area (Å²) < 4.78 is 2.35. The van der Waals surface area contributed by atoms with Crippen LogP contribution in [0.25, 0.3) is 60.6 Å². The van der Waals surface area contributed by atoms with E-state index in [4.69, 9.17) is 0 Å². The number of rotatable bonds is 6. The van der Waals surface area contributed by atoms with E-state index in [9.17, 15) is 0 Å². The van der Waals surface area contributed by atoms with Crippen molar-refractivity contribution in [1.29, 1.82) is 0 Å². The van der Waals surface area contributed by atoms with E-state index in [1.807, 2.05) is 0 Å². The van der Waals surface area contributed by atoms with E-state index >= 15 is 0 Å². The standard InChI is InChI=1S/C46H32N2/c1-4-12-33(13-5-1)35-20-25-40(26-21-35)48(41-27-22-36(23-28-41)34-14-6-2-7-15-34)42-29-24-38-32-47-44-19-11-10-18-43(44)46(37-16-8-3-9-17-37)45(47)31-39(38)30-42/h1-32H. The molecule has 0 spiro atoms. The van der Waals surface area contributed by atoms with Crippen LogP contribution in [0.2, 0.25) is 0 Å². The largest absolute Gasteiger partial charge is 0.315 e. The third kappa shape index (κ3) is 4.92. The van der Waals surface area contributed by atoms with Crippen molar-refractivity contribution in [2.75, 3.05) is 4.90 Å². The first-order valence-electron chi connectivity index (χ1n) is 16.4. The van der Waals surface area contributed by atoms with Crippen molar-refractivity contribution in [3.8, 4) is 33.4 Å². The van der Waals surface area contributed by atoms with Gasteiger partial charge >= 0.3 is 0 Å². The van der Waals surface area contributed by atoms with Crippen LogP contribution < -0.4 is 4.90 Å². The zero-order valence-corrected chi connectivity index (χ0v) is 26.4. The summed E-state index contributed by atoms with van der Waals surface area (Å²) in [6, 6.07) is 67.6. The van der Waals surface area contributed by atoms with E-state index in [2.05, 4.69) is 204 Å². The van der Waals surface area contributed by atoms with Crippen LogP contribution in [0.4, 0.5) is 17.1 Å². The smallest absolute Gasteiger partial charge is 0.0547 e. The predicted molar refractivity (Wildman–Crippen MR) is 203 cm³/mol. The number of anilines is 3. The molecule has 9 aromatic rings. The van der Waals surface area contributed by atoms with Crippen LogP contribution >= 0.6 is 0 Å². The lowest BCUT2D eigenvalue weighted by Crippen LogP contribution is -2.10. The topological polar surface area (TPSA) is 7.65 Å². The summed E-state index contributed by atoms with van der Waals surface area (Å²) in [5.74, 6) is 0. The first kappa shape index (κ1) is 27.9. The van der Waals surface area contributed by atoms with Gasteiger partial charge in [-0.2, -0.15) is 0 Å². The number of hydrogen-bond acceptors (Lipinski definition) is 1. The molecule has 7 aromatic carbocycles. The Bertz CT molecular complexity index is 2430. The number of nitrogens with zero attached hydrogens (tertiary/aromatic N) is 2. The van der Waals surface area contributed by atoms with Crippen LogP contribution in [-0.4, -0.2) is 4.40 Å². The first-order chi connectivity index (χ1) is 23.8. The predicted octanol–water partition coefficient (Wildman–Crippen LogP) is 12.7. The van der Waals surface area contributed by atoms with Gasteiger partial charge in [0.2, 0.25) is 0 Å². The SMILES string of the molecule is c1ccc(-c2ccc(N(c3ccc(-c4ccccc4)cc3)c3ccc4cn5c(cc4c3)c(-c3ccccc3)c3ccccc35)cc2)cc1. The first-order valence-corrected chi connectivity index (χ1v) is 16.4. The van der Waals surface area contributed by atoms with Gasteiger partial charge in [0, 0.05) is 34.2 Å². The molecule has 9 rings (SSSR count). The minimum absolute atomic E-state index is 1.11. The second-order valence-electron chi connectivity index (χ2n) is 12.3. The highest BCUT2D eigenvalue weighted by Gasteiger charge is 2.17. The van der Waals surface area contributed by atoms with Crippen LogP contribution in [0, 0.1) is 0 Å². The summed E-state index contributed by atoms with van der Waals surface area (Å²) in [6.07, 6.45) is 2.29. The van der Waals surface area contributed by atoms with Gasteiger partial charge in [0.25, 0.3) is 0 Å². The fraction of sp³-hybridized carbons (Fsp3) is 0. The molecule has 0 aliphatic rings. The van der Waals surface area contributed by atoms with Crippen LogP contribution in [0.1, 0.15) is 0 Å². The molecule has 2 aromatic heterocycles. The number of fused-ring (bicyclic) bond motifs is 4. The third-order valence-electron chi connectivity index (χ3n) is 9.37. The number of benzene rings is 7. The molecule has 0 aliphatic carbocycles. The molecule has 0 N–H and O–H groups in total. The van der Waals surface area contributed by atoms with Gasteiger partial charge < -0.3 is 9.30 Å². The summed E-state index contributed by atoms with van der Waals surface area (Å²) in [4.78, 5) is 2.36. The van der Waals surface area contributed by atoms with Gasteiger partial charge in [-0.15, -0.1) is 0 Å². The van der Waals surface area contributed by atoms with Crippen molar-refractivity contribution in [2.24, 2.45) is 0 Å². The molecule has 0 atom stereocenters. The van der Waals surface area contributed by atoms with E-state index in [1.165, 1.54) is 60.6 Å². The van der Waals surface area contributed by atoms with Crippen LogP contribution in [0.5, 0.6) is 0 Å². The van der Waals surface area contributed by atoms with Crippen LogP contribution in [0.3, 0.4) is 0 Å². The number of hydrogen-bond donors (Lipinski definition) is 0. The van der Waals surface area contributed by atoms with E-state index in [-0.39, 0.29) is 0 Å². The van der Waals surface area contributed by atoms with Crippen molar-refractivity contribution < 1.29 is 0 Å². The summed E-state index contributed by atoms with van der Waals surface area (Å²) >= 11 is 0. The molecule has 0 unspecified atom stereocenters. The fourth-order valence-corrected chi connectivity index (χ4v) is 7.02. The molecule has 2 heterocycles. The van der Waals surface area contributed by atoms with Gasteiger partial charge in [-0.05, 0) is 87.1 Å². The lowest BCUT2D eigenvalue weighted by molar-refractivity contribution is 1.27. The monoisotopic (exact) mass is 612 g/mol. The number of para-hydroxylation sites is 1. The molecular weight excluding hydrogens is 581 g/mol. The Morgan fingerprint density at radius 1 is 0.333 bits per heavy atom. The van der Waals surface area contributed by atoms with Gasteiger partial charge in [-0.3, -0.25) is 0 Å². The molecule has 0 amide bonds. The Balaban J connectivity index is 1.21. The van der Waals surface area contributed by atoms with E-state index in [1.54, 1.807) is 0 Å². The fourth-order valence-electron chi connectivity index (χ4n) is 7.02. The minimum Gasteiger partial charge on any atom is -0.315 e. The minimum atomic E-state index is 1.11. The third-order valence-corrected chi connectivity index (χ3v) is 9.37. The van der Waals surface area contributed by atoms with E-state index in [0.717, 1.165) is 17.1 Å². The Morgan fingerprint density at radius 3 is 1.40 bits per heavy atom. The average Bonchev–Trinajstić information content (AvgIpc) is 3.48. The van der Waals surface area contributed by atoms with Crippen molar-refractivity contribution in [2.45, 2.75) is 0 Å². The molecule has 48 heavy (non-hydrogen) atoms. The van der Waals surface area contributed by atoms with E-state index < -0.39 is 0 Å². The average molecular weight is 613 g/mol. The molecule has 226 valence electrons. The van der Waals surface area contributed by atoms with Crippen molar-refractivity contribution in [3.63, 3.8) is 0 Å². The Hall–Kier alpha value is -6.38. The molecule has 0 radical (unpaired) electrons. The molecule has 0 bridgehead atoms. The molecule has 0 fully saturated rings. The summed E-state index contributed by atoms with van der Waals surface area (Å²) in [5, 5.41) is 3.66. The Kier molecular flexibility index (Phi) is 6.84. The van der Waals surface area contributed by atoms with Gasteiger partial charge in [0.05, 0.1) is 11.0 Å². The molecule has 0 saturated carbocycles. The molecular formula is C46H32N2. The van der Waals surface area contributed by atoms with Crippen LogP contribution in [-0.2, 0) is 0 Å². The highest BCUT2D eigenvalue weighted by atomic mass is 15.1. The quantitative estimate of drug-likeness (QED) is 0.181. The normalized spacial score (nSPS) is 11.3. The van der Waals surface area contributed by atoms with Crippen molar-refractivity contribution in [1.82, 2.24) is 4.40 Å². The Labute approximate surface area is 280 Å². The van der Waals surface area contributed by atoms with Crippen molar-refractivity contribution >= 4 is 44.3 Å². The zero-order valence-electron chi connectivity index (χ0n) is 26.4. The summed E-state index contributed by atoms with van der Waals surface area (Å²) in [5.41, 5.74) is 13.1. The number of aromatic nitrogens is 1. The maximum Gasteiger partial charge on any atom is 0.0547 e. The maximum atomic E-state index is 2.36. The maximum absolute atomic E-state index is 2.36. The van der Waals surface area contributed by atoms with E-state index in [0.29, 0.717) is 0 Å². The van der Waals surface area contributed by atoms with Gasteiger partial charge in [0.15, 0.2) is 0 Å². The zero-order chi connectivity index (χ0) is 31.9. The Morgan fingerprint density at radius 2 is 0.812 bits per heavy atom. The molecule has 0 aliphatic heterocycles. The van der Waals surface area contributed by atoms with Crippen molar-refractivity contribution in [3.05, 3.63) is 194 Å². The van der Waals surface area contributed by atoms with Gasteiger partial charge in [-0.25, -0.2) is 0 Å². The van der Waals surface area contributed by atoms with Crippen LogP contribution in [0.15, 0.2) is 194 Å². The van der Waals surface area contributed by atoms with Gasteiger partial charge in [-0.1, -0.05) is 140 Å². The second kappa shape index (κ2) is 11.8.